The number of anilines is 2. The summed E-state index contributed by atoms with van der Waals surface area (Å²) in [6, 6.07) is 18.2. The Labute approximate surface area is 280 Å². The number of rotatable bonds is 11. The van der Waals surface area contributed by atoms with Crippen molar-refractivity contribution in [2.75, 3.05) is 17.2 Å². The molecular formula is C40H51N5O2. The molecule has 2 aromatic heterocycles. The Morgan fingerprint density at radius 2 is 1.51 bits per heavy atom. The van der Waals surface area contributed by atoms with Gasteiger partial charge in [-0.1, -0.05) is 83.2 Å². The highest BCUT2D eigenvalue weighted by molar-refractivity contribution is 6.07. The van der Waals surface area contributed by atoms with Crippen molar-refractivity contribution in [3.63, 3.8) is 0 Å². The molecule has 0 unspecified atom stereocenters. The number of aromatic nitrogens is 2. The van der Waals surface area contributed by atoms with Crippen molar-refractivity contribution < 1.29 is 4.79 Å². The van der Waals surface area contributed by atoms with Crippen molar-refractivity contribution in [3.8, 4) is 23.0 Å². The number of carbonyl (C=O) groups is 1. The van der Waals surface area contributed by atoms with Crippen LogP contribution in [0.25, 0.3) is 22.2 Å². The molecule has 7 heteroatoms. The SMILES string of the molecule is CCCCn1c(=O)c(NC(=O)Nc2c(C(C)C)cccc2C(C)C)c(-c2cccc(C#CCN(C(C)C)C(C)C)c2)c2cccnc21. The molecule has 0 bridgehead atoms. The molecule has 0 spiro atoms. The highest BCUT2D eigenvalue weighted by atomic mass is 16.2. The van der Waals surface area contributed by atoms with E-state index in [0.29, 0.717) is 36.4 Å². The number of nitrogens with zero attached hydrogens (tertiary/aromatic N) is 3. The monoisotopic (exact) mass is 633 g/mol. The summed E-state index contributed by atoms with van der Waals surface area (Å²) in [7, 11) is 0. The van der Waals surface area contributed by atoms with Crippen LogP contribution >= 0.6 is 0 Å². The fraction of sp³-hybridized carbons (Fsp3) is 0.425. The fourth-order valence-corrected chi connectivity index (χ4v) is 6.12. The standard InChI is InChI=1S/C40H51N5O2/c1-10-11-23-45-38-34(21-14-22-41-38)35(31-18-12-16-30(25-31)17-15-24-44(28(6)7)29(8)9)37(39(45)46)43-40(47)42-36-32(26(2)3)19-13-20-33(36)27(4)5/h12-14,16,18-22,25-29H,10-11,23-24H2,1-9H3,(H2,42,43,47). The minimum absolute atomic E-state index is 0.203. The summed E-state index contributed by atoms with van der Waals surface area (Å²) in [4.78, 5) is 35.2. The van der Waals surface area contributed by atoms with Gasteiger partial charge in [0.05, 0.1) is 6.54 Å². The molecule has 47 heavy (non-hydrogen) atoms. The van der Waals surface area contributed by atoms with Gasteiger partial charge in [0, 0.05) is 47.0 Å². The van der Waals surface area contributed by atoms with Crippen LogP contribution in [-0.4, -0.2) is 39.1 Å². The lowest BCUT2D eigenvalue weighted by Crippen LogP contribution is -2.37. The van der Waals surface area contributed by atoms with E-state index in [4.69, 9.17) is 0 Å². The van der Waals surface area contributed by atoms with Crippen molar-refractivity contribution >= 4 is 28.4 Å². The Balaban J connectivity index is 1.86. The van der Waals surface area contributed by atoms with Crippen molar-refractivity contribution in [1.82, 2.24) is 14.5 Å². The Hall–Kier alpha value is -4.41. The molecule has 0 saturated carbocycles. The Kier molecular flexibility index (Phi) is 12.0. The molecule has 4 rings (SSSR count). The number of fused-ring (bicyclic) bond motifs is 1. The van der Waals surface area contributed by atoms with Gasteiger partial charge in [-0.2, -0.15) is 0 Å². The zero-order chi connectivity index (χ0) is 34.2. The van der Waals surface area contributed by atoms with Gasteiger partial charge in [-0.05, 0) is 86.9 Å². The number of pyridine rings is 2. The number of para-hydroxylation sites is 1. The van der Waals surface area contributed by atoms with Crippen molar-refractivity contribution in [1.29, 1.82) is 0 Å². The molecule has 0 fully saturated rings. The second-order valence-electron chi connectivity index (χ2n) is 13.4. The number of aryl methyl sites for hydroxylation is 1. The smallest absolute Gasteiger partial charge is 0.307 e. The third-order valence-corrected chi connectivity index (χ3v) is 8.58. The number of hydrogen-bond acceptors (Lipinski definition) is 4. The number of urea groups is 1. The van der Waals surface area contributed by atoms with Crippen LogP contribution in [0.2, 0.25) is 0 Å². The van der Waals surface area contributed by atoms with Gasteiger partial charge in [0.1, 0.15) is 11.3 Å². The van der Waals surface area contributed by atoms with Gasteiger partial charge in [0.15, 0.2) is 0 Å². The molecule has 248 valence electrons. The maximum absolute atomic E-state index is 14.3. The van der Waals surface area contributed by atoms with E-state index in [1.165, 1.54) is 0 Å². The first-order valence-electron chi connectivity index (χ1n) is 17.0. The number of hydrogen-bond donors (Lipinski definition) is 2. The minimum Gasteiger partial charge on any atom is -0.307 e. The van der Waals surface area contributed by atoms with Gasteiger partial charge in [-0.15, -0.1) is 0 Å². The van der Waals surface area contributed by atoms with Crippen LogP contribution in [0, 0.1) is 11.8 Å². The van der Waals surface area contributed by atoms with Gasteiger partial charge in [0.25, 0.3) is 5.56 Å². The van der Waals surface area contributed by atoms with E-state index in [9.17, 15) is 9.59 Å². The quantitative estimate of drug-likeness (QED) is 0.161. The summed E-state index contributed by atoms with van der Waals surface area (Å²) in [5.74, 6) is 7.08. The highest BCUT2D eigenvalue weighted by Crippen LogP contribution is 2.35. The van der Waals surface area contributed by atoms with Gasteiger partial charge in [-0.25, -0.2) is 9.78 Å². The lowest BCUT2D eigenvalue weighted by atomic mass is 9.93. The van der Waals surface area contributed by atoms with Crippen molar-refractivity contribution in [3.05, 3.63) is 87.8 Å². The first-order valence-corrected chi connectivity index (χ1v) is 17.0. The van der Waals surface area contributed by atoms with E-state index in [1.54, 1.807) is 10.8 Å². The highest BCUT2D eigenvalue weighted by Gasteiger charge is 2.23. The summed E-state index contributed by atoms with van der Waals surface area (Å²) in [6.45, 7) is 20.4. The maximum atomic E-state index is 14.3. The van der Waals surface area contributed by atoms with Gasteiger partial charge >= 0.3 is 6.03 Å². The molecule has 4 aromatic rings. The zero-order valence-corrected chi connectivity index (χ0v) is 29.6. The van der Waals surface area contributed by atoms with Crippen molar-refractivity contribution in [2.24, 2.45) is 0 Å². The second-order valence-corrected chi connectivity index (χ2v) is 13.4. The number of amides is 2. The van der Waals surface area contributed by atoms with Crippen LogP contribution in [0.5, 0.6) is 0 Å². The van der Waals surface area contributed by atoms with Crippen LogP contribution in [0.3, 0.4) is 0 Å². The Morgan fingerprint density at radius 3 is 2.13 bits per heavy atom. The summed E-state index contributed by atoms with van der Waals surface area (Å²) in [5.41, 5.74) is 5.70. The Bertz CT molecular complexity index is 1790. The van der Waals surface area contributed by atoms with Crippen LogP contribution in [0.15, 0.2) is 65.6 Å². The molecule has 0 saturated heterocycles. The predicted molar refractivity (Wildman–Crippen MR) is 197 cm³/mol. The van der Waals surface area contributed by atoms with E-state index in [2.05, 4.69) is 94.7 Å². The summed E-state index contributed by atoms with van der Waals surface area (Å²) < 4.78 is 1.69. The van der Waals surface area contributed by atoms with E-state index < -0.39 is 6.03 Å². The molecular weight excluding hydrogens is 582 g/mol. The van der Waals surface area contributed by atoms with E-state index >= 15 is 0 Å². The third kappa shape index (κ3) is 8.31. The summed E-state index contributed by atoms with van der Waals surface area (Å²) in [6.07, 6.45) is 3.44. The van der Waals surface area contributed by atoms with Crippen LogP contribution < -0.4 is 16.2 Å². The molecule has 7 nitrogen and oxygen atoms in total. The lowest BCUT2D eigenvalue weighted by molar-refractivity contribution is 0.200. The van der Waals surface area contributed by atoms with Crippen molar-refractivity contribution in [2.45, 2.75) is 106 Å². The molecule has 0 radical (unpaired) electrons. The average Bonchev–Trinajstić information content (AvgIpc) is 3.02. The summed E-state index contributed by atoms with van der Waals surface area (Å²) >= 11 is 0. The van der Waals surface area contributed by atoms with Crippen LogP contribution in [0.4, 0.5) is 16.2 Å². The zero-order valence-electron chi connectivity index (χ0n) is 29.6. The average molecular weight is 634 g/mol. The number of benzene rings is 2. The second kappa shape index (κ2) is 15.9. The number of unbranched alkanes of at least 4 members (excludes halogenated alkanes) is 1. The largest absolute Gasteiger partial charge is 0.323 e. The summed E-state index contributed by atoms with van der Waals surface area (Å²) in [5, 5.41) is 6.94. The first-order chi connectivity index (χ1) is 22.4. The Morgan fingerprint density at radius 1 is 0.872 bits per heavy atom. The van der Waals surface area contributed by atoms with Gasteiger partial charge < -0.3 is 10.6 Å². The maximum Gasteiger partial charge on any atom is 0.323 e. The molecule has 2 aromatic carbocycles. The van der Waals surface area contributed by atoms with E-state index in [-0.39, 0.29) is 23.1 Å². The number of carbonyl (C=O) groups excluding carboxylic acids is 1. The van der Waals surface area contributed by atoms with Gasteiger partial charge in [0.2, 0.25) is 0 Å². The van der Waals surface area contributed by atoms with E-state index in [1.807, 2.05) is 54.6 Å². The van der Waals surface area contributed by atoms with Crippen LogP contribution in [0.1, 0.15) is 104 Å². The van der Waals surface area contributed by atoms with Crippen LogP contribution in [-0.2, 0) is 6.54 Å². The molecule has 0 aliphatic heterocycles. The normalized spacial score (nSPS) is 11.5. The minimum atomic E-state index is -0.456. The molecule has 0 aliphatic rings. The predicted octanol–water partition coefficient (Wildman–Crippen LogP) is 9.22. The first kappa shape index (κ1) is 35.4. The molecule has 0 atom stereocenters. The fourth-order valence-electron chi connectivity index (χ4n) is 6.12. The molecule has 0 aliphatic carbocycles. The van der Waals surface area contributed by atoms with Gasteiger partial charge in [-0.3, -0.25) is 14.3 Å². The molecule has 2 amide bonds. The lowest BCUT2D eigenvalue weighted by Gasteiger charge is -2.28. The number of nitrogens with one attached hydrogen (secondary N) is 2. The topological polar surface area (TPSA) is 79.3 Å². The molecule has 2 heterocycles. The third-order valence-electron chi connectivity index (χ3n) is 8.58. The molecule has 2 N–H and O–H groups in total. The van der Waals surface area contributed by atoms with E-state index in [0.717, 1.165) is 46.2 Å².